The molecule has 0 fully saturated rings. The number of hydrogen-bond acceptors (Lipinski definition) is 5. The van der Waals surface area contributed by atoms with Crippen molar-refractivity contribution in [1.29, 1.82) is 0 Å². The molecule has 162 valence electrons. The maximum Gasteiger partial charge on any atom is 0.189 e. The number of aromatic amines is 1. The van der Waals surface area contributed by atoms with Crippen molar-refractivity contribution in [3.8, 4) is 11.5 Å². The minimum absolute atomic E-state index is 0.0282. The number of nitrogens with one attached hydrogen (secondary N) is 1. The van der Waals surface area contributed by atoms with Crippen LogP contribution < -0.4 is 9.47 Å². The van der Waals surface area contributed by atoms with E-state index in [4.69, 9.17) is 14.5 Å². The summed E-state index contributed by atoms with van der Waals surface area (Å²) in [5.41, 5.74) is 7.42. The van der Waals surface area contributed by atoms with Gasteiger partial charge in [0.25, 0.3) is 0 Å². The third-order valence-electron chi connectivity index (χ3n) is 6.56. The van der Waals surface area contributed by atoms with E-state index in [1.807, 2.05) is 26.0 Å². The molecule has 2 aromatic carbocycles. The van der Waals surface area contributed by atoms with Crippen LogP contribution in [0.25, 0.3) is 27.5 Å². The Hall–Kier alpha value is -3.38. The van der Waals surface area contributed by atoms with Gasteiger partial charge >= 0.3 is 0 Å². The van der Waals surface area contributed by atoms with Gasteiger partial charge in [-0.05, 0) is 44.0 Å². The fraction of sp³-hybridized carbons (Fsp3) is 0.308. The van der Waals surface area contributed by atoms with Gasteiger partial charge in [-0.25, -0.2) is 9.97 Å². The highest BCUT2D eigenvalue weighted by atomic mass is 16.6. The van der Waals surface area contributed by atoms with Crippen molar-refractivity contribution in [3.05, 3.63) is 65.6 Å². The molecule has 32 heavy (non-hydrogen) atoms. The first-order chi connectivity index (χ1) is 15.7. The quantitative estimate of drug-likeness (QED) is 0.516. The van der Waals surface area contributed by atoms with Crippen LogP contribution >= 0.6 is 0 Å². The molecule has 2 aliphatic heterocycles. The molecule has 0 amide bonds. The highest BCUT2D eigenvalue weighted by Crippen LogP contribution is 2.38. The summed E-state index contributed by atoms with van der Waals surface area (Å²) in [6.45, 7) is 7.25. The molecule has 0 aliphatic carbocycles. The second kappa shape index (κ2) is 7.64. The normalized spacial score (nSPS) is 18.8. The Kier molecular flexibility index (Phi) is 4.61. The largest absolute Gasteiger partial charge is 0.486 e. The number of benzene rings is 2. The first-order valence-corrected chi connectivity index (χ1v) is 11.2. The summed E-state index contributed by atoms with van der Waals surface area (Å²) in [5, 5.41) is 1.30. The number of fused-ring (bicyclic) bond motifs is 4. The van der Waals surface area contributed by atoms with Crippen LogP contribution in [0.4, 0.5) is 0 Å². The summed E-state index contributed by atoms with van der Waals surface area (Å²) in [7, 11) is 0. The van der Waals surface area contributed by atoms with E-state index in [0.29, 0.717) is 6.61 Å². The Labute approximate surface area is 186 Å². The van der Waals surface area contributed by atoms with E-state index in [2.05, 4.69) is 51.4 Å². The fourth-order valence-electron chi connectivity index (χ4n) is 4.70. The minimum atomic E-state index is -0.0282. The lowest BCUT2D eigenvalue weighted by Crippen LogP contribution is -2.42. The number of H-pyrrole nitrogens is 1. The number of ether oxygens (including phenoxy) is 2. The summed E-state index contributed by atoms with van der Waals surface area (Å²) in [4.78, 5) is 15.2. The standard InChI is InChI=1S/C26H26N4O2/c1-16-17(2)29-25-23(28-16)7-8-24-26(25)32-19(15-31-24)14-30-11-9-18(10-12-30)21-13-27-22-6-4-3-5-20(21)22/h3-9,13,19,27H,10-12,14-15H2,1-2H3. The van der Waals surface area contributed by atoms with E-state index in [-0.39, 0.29) is 6.10 Å². The molecule has 2 aliphatic rings. The maximum absolute atomic E-state index is 6.40. The Morgan fingerprint density at radius 2 is 1.97 bits per heavy atom. The molecule has 0 bridgehead atoms. The monoisotopic (exact) mass is 426 g/mol. The number of rotatable bonds is 3. The van der Waals surface area contributed by atoms with Gasteiger partial charge < -0.3 is 14.5 Å². The van der Waals surface area contributed by atoms with Crippen molar-refractivity contribution < 1.29 is 9.47 Å². The van der Waals surface area contributed by atoms with Gasteiger partial charge in [0.1, 0.15) is 18.2 Å². The van der Waals surface area contributed by atoms with Gasteiger partial charge in [-0.1, -0.05) is 24.3 Å². The van der Waals surface area contributed by atoms with Crippen LogP contribution in [0.5, 0.6) is 11.5 Å². The predicted octanol–water partition coefficient (Wildman–Crippen LogP) is 4.66. The third kappa shape index (κ3) is 3.31. The summed E-state index contributed by atoms with van der Waals surface area (Å²) in [6, 6.07) is 12.4. The van der Waals surface area contributed by atoms with E-state index >= 15 is 0 Å². The smallest absolute Gasteiger partial charge is 0.189 e. The van der Waals surface area contributed by atoms with Crippen molar-refractivity contribution >= 4 is 27.5 Å². The average molecular weight is 427 g/mol. The van der Waals surface area contributed by atoms with Crippen molar-refractivity contribution in [2.75, 3.05) is 26.2 Å². The van der Waals surface area contributed by atoms with Crippen LogP contribution in [0, 0.1) is 13.8 Å². The summed E-state index contributed by atoms with van der Waals surface area (Å²) < 4.78 is 12.4. The Morgan fingerprint density at radius 3 is 2.84 bits per heavy atom. The lowest BCUT2D eigenvalue weighted by Gasteiger charge is -2.33. The molecule has 0 saturated carbocycles. The Morgan fingerprint density at radius 1 is 1.09 bits per heavy atom. The summed E-state index contributed by atoms with van der Waals surface area (Å²) in [6.07, 6.45) is 5.49. The van der Waals surface area contributed by atoms with E-state index in [0.717, 1.165) is 60.0 Å². The van der Waals surface area contributed by atoms with E-state index in [1.54, 1.807) is 0 Å². The number of aromatic nitrogens is 3. The second-order valence-corrected chi connectivity index (χ2v) is 8.69. The van der Waals surface area contributed by atoms with Gasteiger partial charge in [0.2, 0.25) is 0 Å². The number of para-hydroxylation sites is 1. The summed E-state index contributed by atoms with van der Waals surface area (Å²) >= 11 is 0. The van der Waals surface area contributed by atoms with E-state index in [1.165, 1.54) is 22.0 Å². The van der Waals surface area contributed by atoms with E-state index < -0.39 is 0 Å². The zero-order valence-electron chi connectivity index (χ0n) is 18.4. The van der Waals surface area contributed by atoms with Gasteiger partial charge in [0, 0.05) is 42.3 Å². The average Bonchev–Trinajstić information content (AvgIpc) is 3.25. The molecule has 6 rings (SSSR count). The lowest BCUT2D eigenvalue weighted by atomic mass is 9.99. The number of nitrogens with zero attached hydrogens (tertiary/aromatic N) is 3. The topological polar surface area (TPSA) is 63.3 Å². The Bertz CT molecular complexity index is 1360. The molecule has 4 heterocycles. The fourth-order valence-corrected chi connectivity index (χ4v) is 4.70. The predicted molar refractivity (Wildman–Crippen MR) is 126 cm³/mol. The van der Waals surface area contributed by atoms with Crippen molar-refractivity contribution in [2.24, 2.45) is 0 Å². The summed E-state index contributed by atoms with van der Waals surface area (Å²) in [5.74, 6) is 1.48. The first-order valence-electron chi connectivity index (χ1n) is 11.2. The number of aryl methyl sites for hydroxylation is 2. The van der Waals surface area contributed by atoms with Crippen molar-refractivity contribution in [2.45, 2.75) is 26.4 Å². The first kappa shape index (κ1) is 19.3. The molecule has 0 radical (unpaired) electrons. The molecule has 0 spiro atoms. The van der Waals surface area contributed by atoms with Gasteiger partial charge in [0.05, 0.1) is 16.9 Å². The van der Waals surface area contributed by atoms with Gasteiger partial charge in [-0.15, -0.1) is 0 Å². The SMILES string of the molecule is Cc1nc2ccc3c(c2nc1C)OC(CN1CC=C(c2c[nH]c4ccccc24)CC1)CO3. The second-order valence-electron chi connectivity index (χ2n) is 8.69. The van der Waals surface area contributed by atoms with Crippen LogP contribution in [-0.4, -0.2) is 52.2 Å². The van der Waals surface area contributed by atoms with Crippen LogP contribution in [-0.2, 0) is 0 Å². The van der Waals surface area contributed by atoms with Gasteiger partial charge in [-0.2, -0.15) is 0 Å². The van der Waals surface area contributed by atoms with Crippen LogP contribution in [0.3, 0.4) is 0 Å². The molecule has 2 aromatic heterocycles. The molecule has 6 heteroatoms. The van der Waals surface area contributed by atoms with E-state index in [9.17, 15) is 0 Å². The highest BCUT2D eigenvalue weighted by molar-refractivity contribution is 5.92. The molecule has 0 saturated heterocycles. The zero-order chi connectivity index (χ0) is 21.7. The van der Waals surface area contributed by atoms with Gasteiger partial charge in [-0.3, -0.25) is 4.90 Å². The maximum atomic E-state index is 6.40. The molecule has 1 unspecified atom stereocenters. The molecular weight excluding hydrogens is 400 g/mol. The molecule has 6 nitrogen and oxygen atoms in total. The van der Waals surface area contributed by atoms with Crippen LogP contribution in [0.15, 0.2) is 48.7 Å². The molecule has 4 aromatic rings. The lowest BCUT2D eigenvalue weighted by molar-refractivity contribution is 0.0630. The molecule has 1 atom stereocenters. The zero-order valence-corrected chi connectivity index (χ0v) is 18.4. The highest BCUT2D eigenvalue weighted by Gasteiger charge is 2.27. The third-order valence-corrected chi connectivity index (χ3v) is 6.56. The number of hydrogen-bond donors (Lipinski definition) is 1. The van der Waals surface area contributed by atoms with Crippen LogP contribution in [0.1, 0.15) is 23.4 Å². The van der Waals surface area contributed by atoms with Crippen molar-refractivity contribution in [3.63, 3.8) is 0 Å². The molecular formula is C26H26N4O2. The minimum Gasteiger partial charge on any atom is -0.486 e. The Balaban J connectivity index is 1.18. The van der Waals surface area contributed by atoms with Crippen molar-refractivity contribution in [1.82, 2.24) is 19.9 Å². The molecule has 1 N–H and O–H groups in total. The van der Waals surface area contributed by atoms with Gasteiger partial charge in [0.15, 0.2) is 11.5 Å². The van der Waals surface area contributed by atoms with Crippen LogP contribution in [0.2, 0.25) is 0 Å².